The second kappa shape index (κ2) is 10.5. The van der Waals surface area contributed by atoms with Crippen LogP contribution in [0.5, 0.6) is 0 Å². The lowest BCUT2D eigenvalue weighted by atomic mass is 9.71. The van der Waals surface area contributed by atoms with Crippen LogP contribution in [0.2, 0.25) is 0 Å². The standard InChI is InChI=1S/C20H31N3O2.ClH/c1-15(2)19(25)23-17-8-6-16(7-9-17)13-22-18(24)12-20(14-21)10-4-3-5-11-20;/h6-9,15H,3-5,10-14,21H2,1-2H3,(H,22,24)(H,23,25);1H. The number of carbonyl (C=O) groups excluding carboxylic acids is 2. The quantitative estimate of drug-likeness (QED) is 0.674. The Kier molecular flexibility index (Phi) is 9.09. The molecule has 146 valence electrons. The number of nitrogens with two attached hydrogens (primary N) is 1. The van der Waals surface area contributed by atoms with E-state index in [0.29, 0.717) is 19.5 Å². The summed E-state index contributed by atoms with van der Waals surface area (Å²) >= 11 is 0. The van der Waals surface area contributed by atoms with Gasteiger partial charge in [0, 0.05) is 24.6 Å². The molecule has 2 amide bonds. The van der Waals surface area contributed by atoms with Gasteiger partial charge in [0.05, 0.1) is 0 Å². The highest BCUT2D eigenvalue weighted by molar-refractivity contribution is 5.92. The third kappa shape index (κ3) is 6.61. The monoisotopic (exact) mass is 381 g/mol. The van der Waals surface area contributed by atoms with Gasteiger partial charge >= 0.3 is 0 Å². The number of nitrogens with one attached hydrogen (secondary N) is 2. The molecule has 0 bridgehead atoms. The zero-order valence-corrected chi connectivity index (χ0v) is 16.7. The third-order valence-electron chi connectivity index (χ3n) is 5.12. The van der Waals surface area contributed by atoms with Crippen LogP contribution in [0.1, 0.15) is 57.9 Å². The lowest BCUT2D eigenvalue weighted by Crippen LogP contribution is -2.38. The summed E-state index contributed by atoms with van der Waals surface area (Å²) < 4.78 is 0. The Bertz CT molecular complexity index is 581. The van der Waals surface area contributed by atoms with Crippen molar-refractivity contribution in [2.24, 2.45) is 17.1 Å². The molecule has 0 aromatic heterocycles. The van der Waals surface area contributed by atoms with Gasteiger partial charge in [-0.25, -0.2) is 0 Å². The van der Waals surface area contributed by atoms with Gasteiger partial charge in [0.2, 0.25) is 11.8 Å². The minimum atomic E-state index is -0.0476. The second-order valence-corrected chi connectivity index (χ2v) is 7.56. The highest BCUT2D eigenvalue weighted by Gasteiger charge is 2.32. The molecule has 1 aromatic rings. The van der Waals surface area contributed by atoms with E-state index in [-0.39, 0.29) is 35.6 Å². The van der Waals surface area contributed by atoms with Crippen LogP contribution < -0.4 is 16.4 Å². The molecule has 4 N–H and O–H groups in total. The summed E-state index contributed by atoms with van der Waals surface area (Å²) in [5.41, 5.74) is 7.74. The summed E-state index contributed by atoms with van der Waals surface area (Å²) in [6, 6.07) is 7.58. The van der Waals surface area contributed by atoms with E-state index >= 15 is 0 Å². The minimum absolute atomic E-state index is 0. The minimum Gasteiger partial charge on any atom is -0.352 e. The van der Waals surface area contributed by atoms with E-state index in [1.807, 2.05) is 38.1 Å². The van der Waals surface area contributed by atoms with Crippen LogP contribution in [0.25, 0.3) is 0 Å². The summed E-state index contributed by atoms with van der Waals surface area (Å²) in [6.45, 7) is 4.81. The van der Waals surface area contributed by atoms with E-state index in [1.165, 1.54) is 19.3 Å². The van der Waals surface area contributed by atoms with Crippen molar-refractivity contribution in [3.05, 3.63) is 29.8 Å². The molecule has 0 atom stereocenters. The predicted octanol–water partition coefficient (Wildman–Crippen LogP) is 3.62. The van der Waals surface area contributed by atoms with E-state index in [2.05, 4.69) is 10.6 Å². The molecule has 0 radical (unpaired) electrons. The molecule has 0 spiro atoms. The van der Waals surface area contributed by atoms with Crippen molar-refractivity contribution in [1.82, 2.24) is 5.32 Å². The van der Waals surface area contributed by atoms with Crippen molar-refractivity contribution < 1.29 is 9.59 Å². The zero-order valence-electron chi connectivity index (χ0n) is 15.8. The van der Waals surface area contributed by atoms with Gasteiger partial charge in [0.15, 0.2) is 0 Å². The van der Waals surface area contributed by atoms with Crippen LogP contribution >= 0.6 is 12.4 Å². The van der Waals surface area contributed by atoms with Crippen molar-refractivity contribution in [3.63, 3.8) is 0 Å². The van der Waals surface area contributed by atoms with E-state index in [4.69, 9.17) is 5.73 Å². The Morgan fingerprint density at radius 2 is 1.73 bits per heavy atom. The number of rotatable bonds is 7. The van der Waals surface area contributed by atoms with Crippen molar-refractivity contribution in [2.45, 2.75) is 58.9 Å². The molecule has 1 saturated carbocycles. The first-order valence-electron chi connectivity index (χ1n) is 9.31. The molecule has 0 heterocycles. The number of benzene rings is 1. The van der Waals surface area contributed by atoms with Crippen LogP contribution in [-0.4, -0.2) is 18.4 Å². The van der Waals surface area contributed by atoms with Gasteiger partial charge in [-0.05, 0) is 42.5 Å². The van der Waals surface area contributed by atoms with Crippen molar-refractivity contribution in [1.29, 1.82) is 0 Å². The summed E-state index contributed by atoms with van der Waals surface area (Å²) in [5.74, 6) is 0.0266. The Labute approximate surface area is 162 Å². The maximum atomic E-state index is 12.3. The summed E-state index contributed by atoms with van der Waals surface area (Å²) in [6.07, 6.45) is 6.24. The number of anilines is 1. The van der Waals surface area contributed by atoms with Gasteiger partial charge in [0.25, 0.3) is 0 Å². The zero-order chi connectivity index (χ0) is 18.3. The Balaban J connectivity index is 0.00000338. The lowest BCUT2D eigenvalue weighted by molar-refractivity contribution is -0.124. The third-order valence-corrected chi connectivity index (χ3v) is 5.12. The summed E-state index contributed by atoms with van der Waals surface area (Å²) in [4.78, 5) is 24.0. The van der Waals surface area contributed by atoms with E-state index in [1.54, 1.807) is 0 Å². The maximum absolute atomic E-state index is 12.3. The fraction of sp³-hybridized carbons (Fsp3) is 0.600. The first-order chi connectivity index (χ1) is 11.9. The highest BCUT2D eigenvalue weighted by Crippen LogP contribution is 2.38. The number of hydrogen-bond acceptors (Lipinski definition) is 3. The second-order valence-electron chi connectivity index (χ2n) is 7.56. The smallest absolute Gasteiger partial charge is 0.226 e. The molecule has 6 heteroatoms. The first kappa shape index (κ1) is 22.5. The van der Waals surface area contributed by atoms with E-state index in [0.717, 1.165) is 24.1 Å². The van der Waals surface area contributed by atoms with Crippen molar-refractivity contribution >= 4 is 29.9 Å². The van der Waals surface area contributed by atoms with E-state index in [9.17, 15) is 9.59 Å². The SMILES string of the molecule is CC(C)C(=O)Nc1ccc(CNC(=O)CC2(CN)CCCCC2)cc1.Cl. The van der Waals surface area contributed by atoms with Gasteiger partial charge in [-0.3, -0.25) is 9.59 Å². The van der Waals surface area contributed by atoms with Crippen LogP contribution in [-0.2, 0) is 16.1 Å². The molecule has 0 aliphatic heterocycles. The fourth-order valence-electron chi connectivity index (χ4n) is 3.35. The number of halogens is 1. The van der Waals surface area contributed by atoms with E-state index < -0.39 is 0 Å². The molecule has 1 aliphatic rings. The summed E-state index contributed by atoms with van der Waals surface area (Å²) in [7, 11) is 0. The molecule has 2 rings (SSSR count). The van der Waals surface area contributed by atoms with Gasteiger partial charge in [-0.15, -0.1) is 12.4 Å². The van der Waals surface area contributed by atoms with Gasteiger partial charge in [-0.2, -0.15) is 0 Å². The van der Waals surface area contributed by atoms with Gasteiger partial charge in [0.1, 0.15) is 0 Å². The number of carbonyl (C=O) groups is 2. The molecule has 5 nitrogen and oxygen atoms in total. The highest BCUT2D eigenvalue weighted by atomic mass is 35.5. The van der Waals surface area contributed by atoms with Crippen LogP contribution in [0.4, 0.5) is 5.69 Å². The normalized spacial score (nSPS) is 15.8. The Morgan fingerprint density at radius 1 is 1.12 bits per heavy atom. The average Bonchev–Trinajstić information content (AvgIpc) is 2.61. The molecule has 1 fully saturated rings. The topological polar surface area (TPSA) is 84.2 Å². The average molecular weight is 382 g/mol. The maximum Gasteiger partial charge on any atom is 0.226 e. The lowest BCUT2D eigenvalue weighted by Gasteiger charge is -2.35. The predicted molar refractivity (Wildman–Crippen MR) is 108 cm³/mol. The Hall–Kier alpha value is -1.59. The first-order valence-corrected chi connectivity index (χ1v) is 9.31. The number of hydrogen-bond donors (Lipinski definition) is 3. The van der Waals surface area contributed by atoms with Gasteiger partial charge < -0.3 is 16.4 Å². The summed E-state index contributed by atoms with van der Waals surface area (Å²) in [5, 5.41) is 5.86. The Morgan fingerprint density at radius 3 is 2.27 bits per heavy atom. The fourth-order valence-corrected chi connectivity index (χ4v) is 3.35. The van der Waals surface area contributed by atoms with Crippen LogP contribution in [0.15, 0.2) is 24.3 Å². The molecular weight excluding hydrogens is 350 g/mol. The van der Waals surface area contributed by atoms with Crippen molar-refractivity contribution in [3.8, 4) is 0 Å². The van der Waals surface area contributed by atoms with Crippen molar-refractivity contribution in [2.75, 3.05) is 11.9 Å². The molecule has 1 aliphatic carbocycles. The largest absolute Gasteiger partial charge is 0.352 e. The number of amides is 2. The van der Waals surface area contributed by atoms with Crippen LogP contribution in [0.3, 0.4) is 0 Å². The molecule has 1 aromatic carbocycles. The molecular formula is C20H32ClN3O2. The van der Waals surface area contributed by atoms with Gasteiger partial charge in [-0.1, -0.05) is 45.2 Å². The molecule has 0 unspecified atom stereocenters. The molecule has 26 heavy (non-hydrogen) atoms. The van der Waals surface area contributed by atoms with Crippen LogP contribution in [0, 0.1) is 11.3 Å². The molecule has 0 saturated heterocycles.